The van der Waals surface area contributed by atoms with Gasteiger partial charge < -0.3 is 20.3 Å². The molecule has 2 N–H and O–H groups in total. The van der Waals surface area contributed by atoms with Crippen LogP contribution in [0.15, 0.2) is 29.3 Å². The van der Waals surface area contributed by atoms with Crippen molar-refractivity contribution in [3.05, 3.63) is 35.4 Å². The fraction of sp³-hybridized carbons (Fsp3) is 0.632. The van der Waals surface area contributed by atoms with Crippen molar-refractivity contribution in [2.45, 2.75) is 45.4 Å². The second-order valence-electron chi connectivity index (χ2n) is 7.01. The highest BCUT2D eigenvalue weighted by Crippen LogP contribution is 2.23. The van der Waals surface area contributed by atoms with Gasteiger partial charge in [0.25, 0.3) is 0 Å². The van der Waals surface area contributed by atoms with Crippen LogP contribution in [0.1, 0.15) is 37.8 Å². The van der Waals surface area contributed by atoms with Gasteiger partial charge in [0.15, 0.2) is 5.96 Å². The zero-order chi connectivity index (χ0) is 17.4. The minimum absolute atomic E-state index is 0. The van der Waals surface area contributed by atoms with E-state index in [-0.39, 0.29) is 29.6 Å². The second-order valence-corrected chi connectivity index (χ2v) is 7.01. The Labute approximate surface area is 169 Å². The van der Waals surface area contributed by atoms with Gasteiger partial charge in [-0.1, -0.05) is 24.3 Å². The molecule has 0 radical (unpaired) electrons. The molecule has 0 saturated carbocycles. The molecule has 0 bridgehead atoms. The SMILES string of the molecule is CCNC(=NCc1cccc(CN(C)C)c1)NCC1(C)CCCO1.I. The Morgan fingerprint density at radius 3 is 2.68 bits per heavy atom. The lowest BCUT2D eigenvalue weighted by Crippen LogP contribution is -2.45. The highest BCUT2D eigenvalue weighted by molar-refractivity contribution is 14.0. The van der Waals surface area contributed by atoms with Gasteiger partial charge in [0.1, 0.15) is 0 Å². The van der Waals surface area contributed by atoms with Gasteiger partial charge in [0, 0.05) is 26.2 Å². The lowest BCUT2D eigenvalue weighted by molar-refractivity contribution is 0.0243. The maximum absolute atomic E-state index is 5.83. The molecule has 1 aliphatic rings. The van der Waals surface area contributed by atoms with Crippen molar-refractivity contribution < 1.29 is 4.74 Å². The van der Waals surface area contributed by atoms with Crippen LogP contribution in [-0.4, -0.2) is 50.3 Å². The van der Waals surface area contributed by atoms with E-state index < -0.39 is 0 Å². The fourth-order valence-corrected chi connectivity index (χ4v) is 2.95. The molecule has 142 valence electrons. The summed E-state index contributed by atoms with van der Waals surface area (Å²) in [5, 5.41) is 6.74. The van der Waals surface area contributed by atoms with Crippen LogP contribution in [0.4, 0.5) is 0 Å². The minimum atomic E-state index is -0.0676. The fourth-order valence-electron chi connectivity index (χ4n) is 2.95. The molecule has 2 rings (SSSR count). The van der Waals surface area contributed by atoms with Gasteiger partial charge in [0.2, 0.25) is 0 Å². The first-order valence-electron chi connectivity index (χ1n) is 8.89. The van der Waals surface area contributed by atoms with Crippen LogP contribution >= 0.6 is 24.0 Å². The minimum Gasteiger partial charge on any atom is -0.373 e. The predicted molar refractivity (Wildman–Crippen MR) is 116 cm³/mol. The van der Waals surface area contributed by atoms with Crippen LogP contribution in [0.25, 0.3) is 0 Å². The van der Waals surface area contributed by atoms with E-state index in [0.717, 1.165) is 45.0 Å². The molecule has 1 aliphatic heterocycles. The summed E-state index contributed by atoms with van der Waals surface area (Å²) >= 11 is 0. The quantitative estimate of drug-likeness (QED) is 0.373. The first-order chi connectivity index (χ1) is 11.5. The smallest absolute Gasteiger partial charge is 0.191 e. The highest BCUT2D eigenvalue weighted by atomic mass is 127. The molecule has 1 aromatic rings. The van der Waals surface area contributed by atoms with E-state index >= 15 is 0 Å². The number of hydrogen-bond acceptors (Lipinski definition) is 3. The van der Waals surface area contributed by atoms with Gasteiger partial charge in [-0.3, -0.25) is 0 Å². The van der Waals surface area contributed by atoms with Gasteiger partial charge in [-0.2, -0.15) is 0 Å². The molecule has 5 nitrogen and oxygen atoms in total. The van der Waals surface area contributed by atoms with E-state index in [1.807, 2.05) is 0 Å². The maximum Gasteiger partial charge on any atom is 0.191 e. The van der Waals surface area contributed by atoms with E-state index in [1.54, 1.807) is 0 Å². The molecule has 0 aliphatic carbocycles. The second kappa shape index (κ2) is 11.0. The Morgan fingerprint density at radius 1 is 1.28 bits per heavy atom. The zero-order valence-corrected chi connectivity index (χ0v) is 18.3. The summed E-state index contributed by atoms with van der Waals surface area (Å²) < 4.78 is 5.83. The van der Waals surface area contributed by atoms with Crippen molar-refractivity contribution in [1.82, 2.24) is 15.5 Å². The van der Waals surface area contributed by atoms with Crippen LogP contribution in [0.5, 0.6) is 0 Å². The molecule has 0 amide bonds. The molecule has 0 spiro atoms. The Morgan fingerprint density at radius 2 is 2.04 bits per heavy atom. The molecular formula is C19H33IN4O. The van der Waals surface area contributed by atoms with Crippen molar-refractivity contribution in [2.24, 2.45) is 4.99 Å². The molecule has 1 saturated heterocycles. The van der Waals surface area contributed by atoms with Gasteiger partial charge in [-0.05, 0) is 51.9 Å². The predicted octanol–water partition coefficient (Wildman–Crippen LogP) is 2.99. The summed E-state index contributed by atoms with van der Waals surface area (Å²) in [6.07, 6.45) is 2.25. The topological polar surface area (TPSA) is 48.9 Å². The lowest BCUT2D eigenvalue weighted by Gasteiger charge is -2.24. The summed E-state index contributed by atoms with van der Waals surface area (Å²) in [6.45, 7) is 8.39. The number of aliphatic imine (C=N–C) groups is 1. The zero-order valence-electron chi connectivity index (χ0n) is 16.0. The van der Waals surface area contributed by atoms with E-state index in [0.29, 0.717) is 6.54 Å². The van der Waals surface area contributed by atoms with Crippen LogP contribution < -0.4 is 10.6 Å². The number of hydrogen-bond donors (Lipinski definition) is 2. The van der Waals surface area contributed by atoms with Crippen molar-refractivity contribution >= 4 is 29.9 Å². The monoisotopic (exact) mass is 460 g/mol. The summed E-state index contributed by atoms with van der Waals surface area (Å²) in [7, 11) is 4.17. The average Bonchev–Trinajstić information content (AvgIpc) is 2.97. The molecule has 1 fully saturated rings. The molecule has 1 aromatic carbocycles. The number of nitrogens with zero attached hydrogens (tertiary/aromatic N) is 2. The largest absolute Gasteiger partial charge is 0.373 e. The summed E-state index contributed by atoms with van der Waals surface area (Å²) in [4.78, 5) is 6.90. The van der Waals surface area contributed by atoms with Gasteiger partial charge in [-0.15, -0.1) is 24.0 Å². The van der Waals surface area contributed by atoms with Crippen molar-refractivity contribution in [2.75, 3.05) is 33.8 Å². The first-order valence-corrected chi connectivity index (χ1v) is 8.89. The standard InChI is InChI=1S/C19H32N4O.HI/c1-5-20-18(22-15-19(2)10-7-11-24-19)21-13-16-8-6-9-17(12-16)14-23(3)4;/h6,8-9,12H,5,7,10-11,13-15H2,1-4H3,(H2,20,21,22);1H. The Balaban J connectivity index is 0.00000312. The average molecular weight is 460 g/mol. The molecule has 6 heteroatoms. The van der Waals surface area contributed by atoms with Crippen molar-refractivity contribution in [1.29, 1.82) is 0 Å². The van der Waals surface area contributed by atoms with E-state index in [4.69, 9.17) is 9.73 Å². The third-order valence-electron chi connectivity index (χ3n) is 4.18. The molecule has 1 unspecified atom stereocenters. The molecule has 1 heterocycles. The number of ether oxygens (including phenoxy) is 1. The Bertz CT molecular complexity index is 542. The van der Waals surface area contributed by atoms with Gasteiger partial charge in [-0.25, -0.2) is 4.99 Å². The van der Waals surface area contributed by atoms with E-state index in [1.165, 1.54) is 11.1 Å². The van der Waals surface area contributed by atoms with E-state index in [9.17, 15) is 0 Å². The van der Waals surface area contributed by atoms with Gasteiger partial charge >= 0.3 is 0 Å². The number of guanidine groups is 1. The van der Waals surface area contributed by atoms with Crippen LogP contribution in [-0.2, 0) is 17.8 Å². The number of benzene rings is 1. The number of halogens is 1. The number of rotatable bonds is 7. The van der Waals surface area contributed by atoms with Gasteiger partial charge in [0.05, 0.1) is 12.1 Å². The molecule has 1 atom stereocenters. The summed E-state index contributed by atoms with van der Waals surface area (Å²) in [5.41, 5.74) is 2.48. The molecule has 0 aromatic heterocycles. The Hall–Kier alpha value is -0.860. The third-order valence-corrected chi connectivity index (χ3v) is 4.18. The van der Waals surface area contributed by atoms with Crippen molar-refractivity contribution in [3.8, 4) is 0 Å². The lowest BCUT2D eigenvalue weighted by atomic mass is 10.0. The molecular weight excluding hydrogens is 427 g/mol. The Kier molecular flexibility index (Phi) is 9.74. The van der Waals surface area contributed by atoms with Crippen molar-refractivity contribution in [3.63, 3.8) is 0 Å². The van der Waals surface area contributed by atoms with E-state index in [2.05, 4.69) is 67.7 Å². The summed E-state index contributed by atoms with van der Waals surface area (Å²) in [5.74, 6) is 0.854. The maximum atomic E-state index is 5.83. The van der Waals surface area contributed by atoms with Crippen LogP contribution in [0.2, 0.25) is 0 Å². The first kappa shape index (κ1) is 22.2. The third kappa shape index (κ3) is 7.92. The molecule has 25 heavy (non-hydrogen) atoms. The normalized spacial score (nSPS) is 20.4. The highest BCUT2D eigenvalue weighted by Gasteiger charge is 2.29. The summed E-state index contributed by atoms with van der Waals surface area (Å²) in [6, 6.07) is 8.63. The van der Waals surface area contributed by atoms with Crippen LogP contribution in [0, 0.1) is 0 Å². The number of nitrogens with one attached hydrogen (secondary N) is 2. The van der Waals surface area contributed by atoms with Crippen LogP contribution in [0.3, 0.4) is 0 Å².